The van der Waals surface area contributed by atoms with Crippen LogP contribution in [-0.2, 0) is 9.53 Å². The summed E-state index contributed by atoms with van der Waals surface area (Å²) in [4.78, 5) is 25.8. The van der Waals surface area contributed by atoms with E-state index < -0.39 is 24.1 Å². The number of aliphatic hydroxyl groups excluding tert-OH is 2. The topological polar surface area (TPSA) is 123 Å². The lowest BCUT2D eigenvalue weighted by Crippen LogP contribution is -2.34. The molecule has 0 fully saturated rings. The highest BCUT2D eigenvalue weighted by molar-refractivity contribution is 5.89. The predicted octanol–water partition coefficient (Wildman–Crippen LogP) is -1.25. The van der Waals surface area contributed by atoms with Crippen molar-refractivity contribution in [2.45, 2.75) is 12.2 Å². The summed E-state index contributed by atoms with van der Waals surface area (Å²) >= 11 is 0. The van der Waals surface area contributed by atoms with Crippen LogP contribution in [0.25, 0.3) is 0 Å². The number of carbonyl (C=O) groups excluding carboxylic acids is 2. The van der Waals surface area contributed by atoms with Gasteiger partial charge in [0.15, 0.2) is 11.8 Å². The Bertz CT molecular complexity index is 434. The Kier molecular flexibility index (Phi) is 4.13. The number of aromatic nitrogens is 1. The summed E-state index contributed by atoms with van der Waals surface area (Å²) in [6.45, 7) is 0. The Morgan fingerprint density at radius 3 is 2.65 bits per heavy atom. The fraction of sp³-hybridized carbons (Fsp3) is 0.300. The maximum absolute atomic E-state index is 11.3. The second kappa shape index (κ2) is 5.37. The van der Waals surface area contributed by atoms with Gasteiger partial charge in [-0.15, -0.1) is 0 Å². The molecule has 1 heterocycles. The van der Waals surface area contributed by atoms with Gasteiger partial charge in [-0.2, -0.15) is 0 Å². The molecule has 0 aliphatic heterocycles. The van der Waals surface area contributed by atoms with Gasteiger partial charge in [0.1, 0.15) is 6.10 Å². The zero-order chi connectivity index (χ0) is 13.0. The minimum atomic E-state index is -1.82. The normalized spacial score (nSPS) is 13.8. The molecule has 4 N–H and O–H groups in total. The molecule has 1 aromatic heterocycles. The Labute approximate surface area is 96.8 Å². The highest BCUT2D eigenvalue weighted by Crippen LogP contribution is 2.20. The number of nitrogens with two attached hydrogens (primary N) is 1. The van der Waals surface area contributed by atoms with Crippen molar-refractivity contribution in [3.8, 4) is 0 Å². The van der Waals surface area contributed by atoms with Crippen LogP contribution in [0.4, 0.5) is 0 Å². The molecule has 0 aromatic carbocycles. The molecule has 0 aliphatic rings. The van der Waals surface area contributed by atoms with Gasteiger partial charge in [-0.25, -0.2) is 9.78 Å². The number of carbonyl (C=O) groups is 2. The molecule has 17 heavy (non-hydrogen) atoms. The van der Waals surface area contributed by atoms with Gasteiger partial charge in [-0.1, -0.05) is 6.07 Å². The van der Waals surface area contributed by atoms with Crippen molar-refractivity contribution in [1.82, 2.24) is 4.98 Å². The lowest BCUT2D eigenvalue weighted by molar-refractivity contribution is -0.132. The van der Waals surface area contributed by atoms with Crippen LogP contribution in [0.1, 0.15) is 22.2 Å². The number of rotatable bonds is 4. The fourth-order valence-corrected chi connectivity index (χ4v) is 1.25. The third-order valence-corrected chi connectivity index (χ3v) is 2.13. The number of esters is 1. The molecule has 7 heteroatoms. The standard InChI is InChI=1S/C10H12N2O5/c1-17-10(16)6-5(3-2-4-12-6)7(13)8(14)9(11)15/h2-4,7-8,13-14H,1H3,(H2,11,15). The molecule has 1 amide bonds. The van der Waals surface area contributed by atoms with Gasteiger partial charge in [-0.05, 0) is 6.07 Å². The molecule has 1 rings (SSSR count). The molecule has 1 aromatic rings. The van der Waals surface area contributed by atoms with Crippen molar-refractivity contribution in [2.24, 2.45) is 5.73 Å². The average Bonchev–Trinajstić information content (AvgIpc) is 2.35. The quantitative estimate of drug-likeness (QED) is 0.565. The molecule has 0 saturated heterocycles. The average molecular weight is 240 g/mol. The van der Waals surface area contributed by atoms with E-state index in [-0.39, 0.29) is 11.3 Å². The van der Waals surface area contributed by atoms with E-state index in [1.807, 2.05) is 0 Å². The largest absolute Gasteiger partial charge is 0.464 e. The summed E-state index contributed by atoms with van der Waals surface area (Å²) in [5.74, 6) is -1.88. The van der Waals surface area contributed by atoms with Crippen molar-refractivity contribution in [3.05, 3.63) is 29.6 Å². The van der Waals surface area contributed by atoms with Crippen LogP contribution in [0.15, 0.2) is 18.3 Å². The van der Waals surface area contributed by atoms with Gasteiger partial charge < -0.3 is 20.7 Å². The molecule has 2 atom stereocenters. The number of methoxy groups -OCH3 is 1. The van der Waals surface area contributed by atoms with E-state index in [9.17, 15) is 19.8 Å². The molecular formula is C10H12N2O5. The SMILES string of the molecule is COC(=O)c1ncccc1C(O)C(O)C(N)=O. The number of aliphatic hydroxyl groups is 2. The Morgan fingerprint density at radius 1 is 1.47 bits per heavy atom. The van der Waals surface area contributed by atoms with Gasteiger partial charge in [0.2, 0.25) is 5.91 Å². The highest BCUT2D eigenvalue weighted by atomic mass is 16.5. The van der Waals surface area contributed by atoms with Gasteiger partial charge in [0.05, 0.1) is 7.11 Å². The van der Waals surface area contributed by atoms with Crippen LogP contribution in [0, 0.1) is 0 Å². The summed E-state index contributed by atoms with van der Waals surface area (Å²) in [5, 5.41) is 19.0. The second-order valence-electron chi connectivity index (χ2n) is 3.22. The van der Waals surface area contributed by atoms with Crippen molar-refractivity contribution < 1.29 is 24.5 Å². The van der Waals surface area contributed by atoms with Crippen molar-refractivity contribution in [1.29, 1.82) is 0 Å². The Balaban J connectivity index is 3.13. The van der Waals surface area contributed by atoms with E-state index in [1.54, 1.807) is 0 Å². The fourth-order valence-electron chi connectivity index (χ4n) is 1.25. The van der Waals surface area contributed by atoms with Crippen LogP contribution >= 0.6 is 0 Å². The van der Waals surface area contributed by atoms with E-state index >= 15 is 0 Å². The molecule has 2 unspecified atom stereocenters. The van der Waals surface area contributed by atoms with E-state index in [0.29, 0.717) is 0 Å². The van der Waals surface area contributed by atoms with Crippen LogP contribution in [0.3, 0.4) is 0 Å². The third-order valence-electron chi connectivity index (χ3n) is 2.13. The smallest absolute Gasteiger partial charge is 0.357 e. The Hall–Kier alpha value is -1.99. The van der Waals surface area contributed by atoms with E-state index in [0.717, 1.165) is 7.11 Å². The monoisotopic (exact) mass is 240 g/mol. The molecule has 7 nitrogen and oxygen atoms in total. The van der Waals surface area contributed by atoms with Gasteiger partial charge >= 0.3 is 5.97 Å². The lowest BCUT2D eigenvalue weighted by atomic mass is 10.0. The van der Waals surface area contributed by atoms with E-state index in [1.165, 1.54) is 18.3 Å². The zero-order valence-electron chi connectivity index (χ0n) is 9.03. The summed E-state index contributed by atoms with van der Waals surface area (Å²) in [7, 11) is 1.15. The minimum absolute atomic E-state index is 0.0225. The second-order valence-corrected chi connectivity index (χ2v) is 3.22. The molecule has 0 radical (unpaired) electrons. The summed E-state index contributed by atoms with van der Waals surface area (Å²) in [6.07, 6.45) is -2.13. The maximum Gasteiger partial charge on any atom is 0.357 e. The van der Waals surface area contributed by atoms with Crippen LogP contribution in [0.2, 0.25) is 0 Å². The first-order valence-corrected chi connectivity index (χ1v) is 4.67. The van der Waals surface area contributed by atoms with Crippen LogP contribution in [0.5, 0.6) is 0 Å². The van der Waals surface area contributed by atoms with Crippen molar-refractivity contribution in [2.75, 3.05) is 7.11 Å². The molecule has 92 valence electrons. The summed E-state index contributed by atoms with van der Waals surface area (Å²) < 4.78 is 4.46. The van der Waals surface area contributed by atoms with Crippen molar-refractivity contribution in [3.63, 3.8) is 0 Å². The van der Waals surface area contributed by atoms with Crippen LogP contribution in [-0.4, -0.2) is 40.3 Å². The van der Waals surface area contributed by atoms with E-state index in [2.05, 4.69) is 9.72 Å². The van der Waals surface area contributed by atoms with Gasteiger partial charge in [0, 0.05) is 11.8 Å². The first-order chi connectivity index (χ1) is 7.99. The molecule has 0 aliphatic carbocycles. The lowest BCUT2D eigenvalue weighted by Gasteiger charge is -2.16. The highest BCUT2D eigenvalue weighted by Gasteiger charge is 2.28. The molecule has 0 bridgehead atoms. The third kappa shape index (κ3) is 2.77. The number of primary amides is 1. The van der Waals surface area contributed by atoms with Crippen molar-refractivity contribution >= 4 is 11.9 Å². The molecule has 0 spiro atoms. The predicted molar refractivity (Wildman–Crippen MR) is 55.7 cm³/mol. The number of hydrogen-bond acceptors (Lipinski definition) is 6. The van der Waals surface area contributed by atoms with Gasteiger partial charge in [0.25, 0.3) is 0 Å². The maximum atomic E-state index is 11.3. The summed E-state index contributed by atoms with van der Waals surface area (Å²) in [6, 6.07) is 2.79. The first kappa shape index (κ1) is 13.1. The summed E-state index contributed by atoms with van der Waals surface area (Å²) in [5.41, 5.74) is 4.65. The number of pyridine rings is 1. The van der Waals surface area contributed by atoms with Gasteiger partial charge in [-0.3, -0.25) is 4.79 Å². The molecular weight excluding hydrogens is 228 g/mol. The number of amides is 1. The van der Waals surface area contributed by atoms with E-state index in [4.69, 9.17) is 5.73 Å². The zero-order valence-corrected chi connectivity index (χ0v) is 9.03. The number of nitrogens with zero attached hydrogens (tertiary/aromatic N) is 1. The minimum Gasteiger partial charge on any atom is -0.464 e. The van der Waals surface area contributed by atoms with Crippen LogP contribution < -0.4 is 5.73 Å². The first-order valence-electron chi connectivity index (χ1n) is 4.67. The number of hydrogen-bond donors (Lipinski definition) is 3. The Morgan fingerprint density at radius 2 is 2.12 bits per heavy atom. The number of ether oxygens (including phenoxy) is 1. The molecule has 0 saturated carbocycles.